The van der Waals surface area contributed by atoms with Crippen molar-refractivity contribution in [1.82, 2.24) is 10.3 Å². The summed E-state index contributed by atoms with van der Waals surface area (Å²) in [6, 6.07) is 2.17. The normalized spacial score (nSPS) is 13.0. The molecule has 1 rings (SSSR count). The Bertz CT molecular complexity index is 332. The number of ether oxygens (including phenoxy) is 2. The Kier molecular flexibility index (Phi) is 6.65. The van der Waals surface area contributed by atoms with Gasteiger partial charge in [0.05, 0.1) is 6.04 Å². The van der Waals surface area contributed by atoms with Crippen LogP contribution in [0.15, 0.2) is 22.9 Å². The third-order valence-corrected chi connectivity index (χ3v) is 2.91. The summed E-state index contributed by atoms with van der Waals surface area (Å²) in [5, 5.41) is 3.36. The van der Waals surface area contributed by atoms with E-state index in [9.17, 15) is 0 Å². The molecular formula is C12H19BrN2O2. The number of nitrogens with zero attached hydrogens (tertiary/aromatic N) is 1. The van der Waals surface area contributed by atoms with Crippen LogP contribution in [0, 0.1) is 0 Å². The van der Waals surface area contributed by atoms with Crippen molar-refractivity contribution in [2.45, 2.75) is 25.7 Å². The number of methoxy groups -OCH3 is 2. The van der Waals surface area contributed by atoms with E-state index < -0.39 is 0 Å². The van der Waals surface area contributed by atoms with Crippen molar-refractivity contribution >= 4 is 15.9 Å². The number of nitrogens with one attached hydrogen (secondary N) is 1. The summed E-state index contributed by atoms with van der Waals surface area (Å²) in [4.78, 5) is 4.15. The first kappa shape index (κ1) is 14.6. The maximum atomic E-state index is 5.30. The highest BCUT2D eigenvalue weighted by Crippen LogP contribution is 2.13. The van der Waals surface area contributed by atoms with Gasteiger partial charge in [0, 0.05) is 31.1 Å². The van der Waals surface area contributed by atoms with E-state index in [2.05, 4.69) is 39.2 Å². The van der Waals surface area contributed by atoms with Gasteiger partial charge in [-0.25, -0.2) is 0 Å². The zero-order valence-corrected chi connectivity index (χ0v) is 12.0. The molecule has 0 amide bonds. The van der Waals surface area contributed by atoms with E-state index >= 15 is 0 Å². The van der Waals surface area contributed by atoms with Crippen LogP contribution in [0.4, 0.5) is 0 Å². The lowest BCUT2D eigenvalue weighted by Crippen LogP contribution is -2.43. The summed E-state index contributed by atoms with van der Waals surface area (Å²) in [5.74, 6) is 0. The van der Waals surface area contributed by atoms with Crippen LogP contribution in [-0.2, 0) is 15.9 Å². The van der Waals surface area contributed by atoms with Crippen LogP contribution in [0.1, 0.15) is 12.5 Å². The monoisotopic (exact) mass is 302 g/mol. The van der Waals surface area contributed by atoms with E-state index in [1.807, 2.05) is 6.20 Å². The van der Waals surface area contributed by atoms with Gasteiger partial charge in [-0.15, -0.1) is 0 Å². The molecule has 0 aliphatic heterocycles. The minimum atomic E-state index is -0.256. The predicted octanol–water partition coefficient (Wildman–Crippen LogP) is 1.98. The number of rotatable bonds is 7. The third kappa shape index (κ3) is 4.71. The van der Waals surface area contributed by atoms with E-state index in [1.54, 1.807) is 20.4 Å². The molecule has 1 atom stereocenters. The molecule has 0 saturated carbocycles. The fraction of sp³-hybridized carbons (Fsp3) is 0.583. The maximum absolute atomic E-state index is 5.30. The fourth-order valence-corrected chi connectivity index (χ4v) is 2.19. The van der Waals surface area contributed by atoms with Gasteiger partial charge in [0.15, 0.2) is 6.29 Å². The average Bonchev–Trinajstić information content (AvgIpc) is 2.31. The Balaban J connectivity index is 2.71. The maximum Gasteiger partial charge on any atom is 0.172 e. The molecule has 0 aliphatic rings. The molecule has 0 spiro atoms. The highest BCUT2D eigenvalue weighted by atomic mass is 79.9. The van der Waals surface area contributed by atoms with Crippen molar-refractivity contribution in [3.63, 3.8) is 0 Å². The molecule has 5 heteroatoms. The van der Waals surface area contributed by atoms with Gasteiger partial charge in [0.2, 0.25) is 0 Å². The van der Waals surface area contributed by atoms with Gasteiger partial charge >= 0.3 is 0 Å². The lowest BCUT2D eigenvalue weighted by Gasteiger charge is -2.25. The van der Waals surface area contributed by atoms with E-state index in [1.165, 1.54) is 0 Å². The lowest BCUT2D eigenvalue weighted by molar-refractivity contribution is -0.122. The topological polar surface area (TPSA) is 43.4 Å². The first-order chi connectivity index (χ1) is 8.21. The molecule has 17 heavy (non-hydrogen) atoms. The molecule has 0 bridgehead atoms. The second-order valence-electron chi connectivity index (χ2n) is 3.72. The van der Waals surface area contributed by atoms with Crippen LogP contribution in [0.2, 0.25) is 0 Å². The summed E-state index contributed by atoms with van der Waals surface area (Å²) >= 11 is 3.42. The van der Waals surface area contributed by atoms with Crippen molar-refractivity contribution in [2.75, 3.05) is 20.8 Å². The van der Waals surface area contributed by atoms with Gasteiger partial charge in [-0.3, -0.25) is 4.98 Å². The van der Waals surface area contributed by atoms with Gasteiger partial charge in [0.1, 0.15) is 0 Å². The van der Waals surface area contributed by atoms with Crippen LogP contribution >= 0.6 is 15.9 Å². The van der Waals surface area contributed by atoms with Gasteiger partial charge in [-0.2, -0.15) is 0 Å². The SMILES string of the molecule is CCNC(Cc1cncc(Br)c1)C(OC)OC. The summed E-state index contributed by atoms with van der Waals surface area (Å²) in [6.45, 7) is 2.93. The van der Waals surface area contributed by atoms with Crippen LogP contribution in [0.25, 0.3) is 0 Å². The van der Waals surface area contributed by atoms with Gasteiger partial charge in [-0.05, 0) is 40.5 Å². The van der Waals surface area contributed by atoms with E-state index in [0.29, 0.717) is 0 Å². The molecule has 0 fully saturated rings. The molecule has 1 unspecified atom stereocenters. The Hall–Kier alpha value is -0.490. The van der Waals surface area contributed by atoms with Gasteiger partial charge < -0.3 is 14.8 Å². The van der Waals surface area contributed by atoms with Crippen molar-refractivity contribution < 1.29 is 9.47 Å². The molecule has 0 radical (unpaired) electrons. The molecular weight excluding hydrogens is 284 g/mol. The molecule has 0 aromatic carbocycles. The van der Waals surface area contributed by atoms with Gasteiger partial charge in [0.25, 0.3) is 0 Å². The van der Waals surface area contributed by atoms with Gasteiger partial charge in [-0.1, -0.05) is 6.92 Å². The number of hydrogen-bond donors (Lipinski definition) is 1. The highest BCUT2D eigenvalue weighted by molar-refractivity contribution is 9.10. The van der Waals surface area contributed by atoms with Crippen LogP contribution < -0.4 is 5.32 Å². The van der Waals surface area contributed by atoms with E-state index in [-0.39, 0.29) is 12.3 Å². The smallest absolute Gasteiger partial charge is 0.172 e. The largest absolute Gasteiger partial charge is 0.354 e. The standard InChI is InChI=1S/C12H19BrN2O2/c1-4-15-11(12(16-2)17-3)6-9-5-10(13)8-14-7-9/h5,7-8,11-12,15H,4,6H2,1-3H3. The number of likely N-dealkylation sites (N-methyl/N-ethyl adjacent to an activating group) is 1. The summed E-state index contributed by atoms with van der Waals surface area (Å²) < 4.78 is 11.6. The van der Waals surface area contributed by atoms with Crippen molar-refractivity contribution in [2.24, 2.45) is 0 Å². The minimum Gasteiger partial charge on any atom is -0.354 e. The molecule has 1 heterocycles. The Morgan fingerprint density at radius 2 is 2.06 bits per heavy atom. The second kappa shape index (κ2) is 7.76. The Morgan fingerprint density at radius 1 is 1.35 bits per heavy atom. The molecule has 96 valence electrons. The molecule has 0 saturated heterocycles. The first-order valence-corrected chi connectivity index (χ1v) is 6.39. The molecule has 0 aliphatic carbocycles. The molecule has 1 aromatic rings. The Labute approximate surface area is 111 Å². The number of pyridine rings is 1. The van der Waals surface area contributed by atoms with E-state index in [0.717, 1.165) is 23.0 Å². The predicted molar refractivity (Wildman–Crippen MR) is 70.9 cm³/mol. The van der Waals surface area contributed by atoms with Crippen LogP contribution in [0.3, 0.4) is 0 Å². The zero-order valence-electron chi connectivity index (χ0n) is 10.4. The molecule has 4 nitrogen and oxygen atoms in total. The molecule has 1 aromatic heterocycles. The average molecular weight is 303 g/mol. The zero-order chi connectivity index (χ0) is 12.7. The first-order valence-electron chi connectivity index (χ1n) is 5.59. The molecule has 1 N–H and O–H groups in total. The Morgan fingerprint density at radius 3 is 2.59 bits per heavy atom. The minimum absolute atomic E-state index is 0.117. The quantitative estimate of drug-likeness (QED) is 0.782. The number of halogens is 1. The van der Waals surface area contributed by atoms with Crippen LogP contribution in [0.5, 0.6) is 0 Å². The van der Waals surface area contributed by atoms with Crippen molar-refractivity contribution in [1.29, 1.82) is 0 Å². The van der Waals surface area contributed by atoms with Crippen molar-refractivity contribution in [3.05, 3.63) is 28.5 Å². The third-order valence-electron chi connectivity index (χ3n) is 2.48. The summed E-state index contributed by atoms with van der Waals surface area (Å²) in [5.41, 5.74) is 1.14. The lowest BCUT2D eigenvalue weighted by atomic mass is 10.1. The number of aromatic nitrogens is 1. The van der Waals surface area contributed by atoms with Crippen molar-refractivity contribution in [3.8, 4) is 0 Å². The van der Waals surface area contributed by atoms with Crippen LogP contribution in [-0.4, -0.2) is 38.1 Å². The number of hydrogen-bond acceptors (Lipinski definition) is 4. The second-order valence-corrected chi connectivity index (χ2v) is 4.64. The van der Waals surface area contributed by atoms with E-state index in [4.69, 9.17) is 9.47 Å². The highest BCUT2D eigenvalue weighted by Gasteiger charge is 2.20. The fourth-order valence-electron chi connectivity index (χ4n) is 1.77. The summed E-state index contributed by atoms with van der Waals surface area (Å²) in [7, 11) is 3.30. The summed E-state index contributed by atoms with van der Waals surface area (Å²) in [6.07, 6.45) is 4.19.